The van der Waals surface area contributed by atoms with Gasteiger partial charge in [0.2, 0.25) is 0 Å². The fourth-order valence-corrected chi connectivity index (χ4v) is 11.3. The van der Waals surface area contributed by atoms with Gasteiger partial charge in [-0.2, -0.15) is 0 Å². The summed E-state index contributed by atoms with van der Waals surface area (Å²) in [5, 5.41) is 14.2. The van der Waals surface area contributed by atoms with Crippen molar-refractivity contribution in [1.29, 1.82) is 0 Å². The molecule has 3 heterocycles. The lowest BCUT2D eigenvalue weighted by molar-refractivity contribution is 1.08. The molecule has 5 heteroatoms. The van der Waals surface area contributed by atoms with Crippen molar-refractivity contribution in [2.24, 2.45) is 0 Å². The lowest BCUT2D eigenvalue weighted by Crippen LogP contribution is -2.02. The van der Waals surface area contributed by atoms with E-state index >= 15 is 0 Å². The van der Waals surface area contributed by atoms with E-state index in [1.165, 1.54) is 59.5 Å². The molecule has 3 aromatic heterocycles. The minimum Gasteiger partial charge on any atom is -0.309 e. The Kier molecular flexibility index (Phi) is 8.89. The Balaban J connectivity index is 0.949. The summed E-state index contributed by atoms with van der Waals surface area (Å²) in [4.78, 5) is 15.9. The molecule has 5 nitrogen and oxygen atoms in total. The van der Waals surface area contributed by atoms with E-state index in [4.69, 9.17) is 15.0 Å². The fourth-order valence-electron chi connectivity index (χ4n) is 11.3. The van der Waals surface area contributed by atoms with Gasteiger partial charge in [0, 0.05) is 49.3 Å². The molecule has 0 radical (unpaired) electrons. The second-order valence-electron chi connectivity index (χ2n) is 18.8. The van der Waals surface area contributed by atoms with Crippen molar-refractivity contribution >= 4 is 86.7 Å². The second kappa shape index (κ2) is 15.9. The van der Waals surface area contributed by atoms with E-state index in [0.717, 1.165) is 66.4 Å². The van der Waals surface area contributed by atoms with Crippen LogP contribution >= 0.6 is 0 Å². The van der Waals surface area contributed by atoms with Crippen molar-refractivity contribution < 1.29 is 0 Å². The minimum absolute atomic E-state index is 0.618. The first kappa shape index (κ1) is 40.2. The van der Waals surface area contributed by atoms with Crippen LogP contribution in [0.4, 0.5) is 0 Å². The highest BCUT2D eigenvalue weighted by atomic mass is 15.0. The number of hydrogen-bond donors (Lipinski definition) is 0. The summed E-state index contributed by atoms with van der Waals surface area (Å²) in [5.41, 5.74) is 11.9. The summed E-state index contributed by atoms with van der Waals surface area (Å²) in [6, 6.07) is 89.6. The first-order valence-electron chi connectivity index (χ1n) is 24.5. The molecular formula is C67H41N5. The second-order valence-corrected chi connectivity index (χ2v) is 18.8. The minimum atomic E-state index is 0.618. The Morgan fingerprint density at radius 3 is 1.49 bits per heavy atom. The molecule has 0 amide bonds. The number of nitrogens with zero attached hydrogens (tertiary/aromatic N) is 5. The molecule has 0 fully saturated rings. The predicted octanol–water partition coefficient (Wildman–Crippen LogP) is 17.3. The van der Waals surface area contributed by atoms with Crippen molar-refractivity contribution in [3.05, 3.63) is 249 Å². The van der Waals surface area contributed by atoms with Gasteiger partial charge in [-0.15, -0.1) is 0 Å². The van der Waals surface area contributed by atoms with Crippen molar-refractivity contribution in [2.75, 3.05) is 0 Å². The topological polar surface area (TPSA) is 48.5 Å². The SMILES string of the molecule is c1ccc(-c2cccc(-c3nc(-c4ccc5ccccc5c4)nc(-c4ccc(-n5c6ccc(-n7c8ccccc8c8cc9ccccc9cc87)cc6c6cc7ccccc7cc65)c5ccccc45)n3)c2)cc1. The Morgan fingerprint density at radius 1 is 0.236 bits per heavy atom. The summed E-state index contributed by atoms with van der Waals surface area (Å²) in [6.07, 6.45) is 0. The smallest absolute Gasteiger partial charge is 0.164 e. The zero-order valence-corrected chi connectivity index (χ0v) is 38.9. The Labute approximate surface area is 414 Å². The number of hydrogen-bond acceptors (Lipinski definition) is 3. The van der Waals surface area contributed by atoms with Crippen LogP contribution in [0.3, 0.4) is 0 Å². The van der Waals surface area contributed by atoms with Gasteiger partial charge >= 0.3 is 0 Å². The van der Waals surface area contributed by atoms with Crippen LogP contribution in [-0.4, -0.2) is 24.1 Å². The van der Waals surface area contributed by atoms with Crippen molar-refractivity contribution in [2.45, 2.75) is 0 Å². The average molecular weight is 916 g/mol. The van der Waals surface area contributed by atoms with Crippen molar-refractivity contribution in [3.63, 3.8) is 0 Å². The van der Waals surface area contributed by atoms with E-state index in [9.17, 15) is 0 Å². The monoisotopic (exact) mass is 915 g/mol. The molecule has 0 aliphatic carbocycles. The summed E-state index contributed by atoms with van der Waals surface area (Å²) in [7, 11) is 0. The number of fused-ring (bicyclic) bond motifs is 10. The highest BCUT2D eigenvalue weighted by Crippen LogP contribution is 2.42. The maximum atomic E-state index is 5.34. The summed E-state index contributed by atoms with van der Waals surface area (Å²) in [5.74, 6) is 1.86. The third-order valence-electron chi connectivity index (χ3n) is 14.7. The van der Waals surface area contributed by atoms with E-state index < -0.39 is 0 Å². The molecule has 0 unspecified atom stereocenters. The zero-order valence-electron chi connectivity index (χ0n) is 38.9. The molecule has 15 rings (SSSR count). The van der Waals surface area contributed by atoms with Gasteiger partial charge in [-0.3, -0.25) is 0 Å². The van der Waals surface area contributed by atoms with E-state index in [1.54, 1.807) is 0 Å². The quantitative estimate of drug-likeness (QED) is 0.167. The molecular weight excluding hydrogens is 875 g/mol. The van der Waals surface area contributed by atoms with E-state index in [1.807, 2.05) is 6.07 Å². The molecule has 0 bridgehead atoms. The lowest BCUT2D eigenvalue weighted by atomic mass is 10.0. The Hall–Kier alpha value is -9.71. The molecule has 334 valence electrons. The molecule has 0 aliphatic rings. The molecule has 0 spiro atoms. The van der Waals surface area contributed by atoms with Crippen molar-refractivity contribution in [1.82, 2.24) is 24.1 Å². The van der Waals surface area contributed by atoms with Gasteiger partial charge in [-0.1, -0.05) is 176 Å². The third kappa shape index (κ3) is 6.38. The number of rotatable bonds is 6. The summed E-state index contributed by atoms with van der Waals surface area (Å²) < 4.78 is 4.90. The van der Waals surface area contributed by atoms with Crippen LogP contribution in [0.15, 0.2) is 249 Å². The molecule has 72 heavy (non-hydrogen) atoms. The van der Waals surface area contributed by atoms with Gasteiger partial charge in [0.1, 0.15) is 0 Å². The molecule has 12 aromatic carbocycles. The number of benzene rings is 12. The van der Waals surface area contributed by atoms with Gasteiger partial charge in [-0.05, 0) is 122 Å². The largest absolute Gasteiger partial charge is 0.309 e. The highest BCUT2D eigenvalue weighted by molar-refractivity contribution is 6.17. The fraction of sp³-hybridized carbons (Fsp3) is 0. The van der Waals surface area contributed by atoms with Crippen LogP contribution in [0.5, 0.6) is 0 Å². The molecule has 0 N–H and O–H groups in total. The third-order valence-corrected chi connectivity index (χ3v) is 14.7. The van der Waals surface area contributed by atoms with Crippen LogP contribution in [0.25, 0.3) is 143 Å². The first-order valence-corrected chi connectivity index (χ1v) is 24.5. The zero-order chi connectivity index (χ0) is 47.3. The normalized spacial score (nSPS) is 11.9. The standard InChI is InChI=1S/C67H41N5/c1-2-15-42(16-3-1)45-23-14-24-50(35-45)65-68-66(51-30-29-43-17-4-5-18-44(43)36-51)70-67(69-65)56-32-34-61(54-26-11-10-25-53(54)56)72-62-33-31-52(41-59(62)58-38-47-20-7-9-22-49(47)40-64(58)72)71-60-28-13-12-27-55(60)57-37-46-19-6-8-21-48(46)39-63(57)71/h1-41H. The van der Waals surface area contributed by atoms with Gasteiger partial charge in [0.15, 0.2) is 17.5 Å². The molecule has 0 atom stereocenters. The molecule has 0 saturated heterocycles. The van der Waals surface area contributed by atoms with Gasteiger partial charge in [0.05, 0.1) is 27.8 Å². The Morgan fingerprint density at radius 2 is 0.750 bits per heavy atom. The molecule has 0 saturated carbocycles. The lowest BCUT2D eigenvalue weighted by Gasteiger charge is -2.16. The maximum absolute atomic E-state index is 5.34. The van der Waals surface area contributed by atoms with Crippen LogP contribution in [0, 0.1) is 0 Å². The van der Waals surface area contributed by atoms with Gasteiger partial charge in [0.25, 0.3) is 0 Å². The maximum Gasteiger partial charge on any atom is 0.164 e. The first-order chi connectivity index (χ1) is 35.7. The predicted molar refractivity (Wildman–Crippen MR) is 300 cm³/mol. The number of para-hydroxylation sites is 1. The van der Waals surface area contributed by atoms with Crippen LogP contribution in [-0.2, 0) is 0 Å². The molecule has 15 aromatic rings. The molecule has 0 aliphatic heterocycles. The van der Waals surface area contributed by atoms with Gasteiger partial charge in [-0.25, -0.2) is 15.0 Å². The van der Waals surface area contributed by atoms with E-state index in [2.05, 4.69) is 252 Å². The van der Waals surface area contributed by atoms with Crippen LogP contribution < -0.4 is 0 Å². The van der Waals surface area contributed by atoms with Crippen molar-refractivity contribution in [3.8, 4) is 56.7 Å². The average Bonchev–Trinajstić information content (AvgIpc) is 3.94. The van der Waals surface area contributed by atoms with E-state index in [0.29, 0.717) is 17.5 Å². The Bertz CT molecular complexity index is 4700. The van der Waals surface area contributed by atoms with Crippen LogP contribution in [0.1, 0.15) is 0 Å². The number of aromatic nitrogens is 5. The van der Waals surface area contributed by atoms with E-state index in [-0.39, 0.29) is 0 Å². The summed E-state index contributed by atoms with van der Waals surface area (Å²) >= 11 is 0. The van der Waals surface area contributed by atoms with Gasteiger partial charge < -0.3 is 9.13 Å². The summed E-state index contributed by atoms with van der Waals surface area (Å²) in [6.45, 7) is 0. The highest BCUT2D eigenvalue weighted by Gasteiger charge is 2.21. The van der Waals surface area contributed by atoms with Crippen LogP contribution in [0.2, 0.25) is 0 Å².